The number of rotatable bonds is 7. The lowest BCUT2D eigenvalue weighted by Gasteiger charge is -2.24. The first-order valence-corrected chi connectivity index (χ1v) is 9.44. The molecule has 0 aliphatic rings. The van der Waals surface area contributed by atoms with Gasteiger partial charge < -0.3 is 9.05 Å². The molecule has 0 fully saturated rings. The molecule has 0 heterocycles. The van der Waals surface area contributed by atoms with Gasteiger partial charge in [0.2, 0.25) is 14.7 Å². The molecule has 0 spiro atoms. The summed E-state index contributed by atoms with van der Waals surface area (Å²) in [4.78, 5) is 0. The maximum Gasteiger partial charge on any atom is 0.203 e. The van der Waals surface area contributed by atoms with Crippen LogP contribution in [0, 0.1) is 0 Å². The quantitative estimate of drug-likeness (QED) is 0.656. The largest absolute Gasteiger partial charge is 0.332 e. The van der Waals surface area contributed by atoms with Crippen LogP contribution in [0.2, 0.25) is 0 Å². The molecule has 0 saturated carbocycles. The second-order valence-electron chi connectivity index (χ2n) is 3.91. The van der Waals surface area contributed by atoms with Crippen molar-refractivity contribution in [3.8, 4) is 0 Å². The van der Waals surface area contributed by atoms with Crippen LogP contribution in [-0.2, 0) is 18.2 Å². The van der Waals surface area contributed by atoms with Crippen LogP contribution in [0.3, 0.4) is 0 Å². The average Bonchev–Trinajstić information content (AvgIpc) is 2.17. The molecule has 0 bridgehead atoms. The summed E-state index contributed by atoms with van der Waals surface area (Å²) in [5.41, 5.74) is -0.164. The number of hydrogen-bond acceptors (Lipinski definition) is 4. The van der Waals surface area contributed by atoms with Crippen molar-refractivity contribution in [3.63, 3.8) is 0 Å². The summed E-state index contributed by atoms with van der Waals surface area (Å²) >= 11 is 0. The average molecular weight is 256 g/mol. The molecule has 0 aromatic heterocycles. The summed E-state index contributed by atoms with van der Waals surface area (Å²) in [6, 6.07) is 0. The van der Waals surface area contributed by atoms with Gasteiger partial charge in [0.1, 0.15) is 0 Å². The Kier molecular flexibility index (Phi) is 6.36. The van der Waals surface area contributed by atoms with E-state index in [2.05, 4.69) is 0 Å². The molecule has 0 saturated heterocycles. The summed E-state index contributed by atoms with van der Waals surface area (Å²) in [6.45, 7) is 5.18. The highest BCUT2D eigenvalue weighted by atomic mass is 31.2. The van der Waals surface area contributed by atoms with Crippen LogP contribution in [-0.4, -0.2) is 39.4 Å². The summed E-state index contributed by atoms with van der Waals surface area (Å²) in [5, 5.41) is 0. The molecule has 0 N–H and O–H groups in total. The van der Waals surface area contributed by atoms with E-state index in [0.717, 1.165) is 12.8 Å². The Morgan fingerprint density at radius 3 is 2.00 bits per heavy atom. The Morgan fingerprint density at radius 1 is 1.13 bits per heavy atom. The summed E-state index contributed by atoms with van der Waals surface area (Å²) in [7, 11) is -2.41. The minimum absolute atomic E-state index is 0.164. The predicted octanol–water partition coefficient (Wildman–Crippen LogP) is 3.26. The summed E-state index contributed by atoms with van der Waals surface area (Å²) in [6.07, 6.45) is 1.98. The topological polar surface area (TPSA) is 52.6 Å². The Labute approximate surface area is 92.6 Å². The van der Waals surface area contributed by atoms with Crippen molar-refractivity contribution >= 4 is 14.7 Å². The van der Waals surface area contributed by atoms with Crippen molar-refractivity contribution in [1.82, 2.24) is 0 Å². The zero-order valence-electron chi connectivity index (χ0n) is 10.2. The molecule has 2 unspecified atom stereocenters. The van der Waals surface area contributed by atoms with Gasteiger partial charge in [-0.1, -0.05) is 13.3 Å². The second kappa shape index (κ2) is 6.20. The molecule has 0 rings (SSSR count). The van der Waals surface area contributed by atoms with Gasteiger partial charge in [0.15, 0.2) is 0 Å². The van der Waals surface area contributed by atoms with Crippen LogP contribution < -0.4 is 0 Å². The van der Waals surface area contributed by atoms with Gasteiger partial charge in [0.25, 0.3) is 0 Å². The van der Waals surface area contributed by atoms with E-state index in [0.29, 0.717) is 6.16 Å². The molecule has 0 amide bonds. The SMILES string of the molecule is CCCC(CP(C)(=O)OC)[P@@](C)(=O)OC. The molecule has 4 nitrogen and oxygen atoms in total. The lowest BCUT2D eigenvalue weighted by atomic mass is 10.3. The van der Waals surface area contributed by atoms with E-state index < -0.39 is 14.7 Å². The third-order valence-corrected chi connectivity index (χ3v) is 7.23. The van der Waals surface area contributed by atoms with E-state index in [-0.39, 0.29) is 5.66 Å². The Balaban J connectivity index is 4.69. The van der Waals surface area contributed by atoms with Crippen molar-refractivity contribution in [3.05, 3.63) is 0 Å². The third-order valence-electron chi connectivity index (χ3n) is 2.58. The molecule has 15 heavy (non-hydrogen) atoms. The van der Waals surface area contributed by atoms with E-state index >= 15 is 0 Å². The molecule has 0 aliphatic heterocycles. The second-order valence-corrected chi connectivity index (χ2v) is 9.58. The molecular weight excluding hydrogens is 234 g/mol. The lowest BCUT2D eigenvalue weighted by Crippen LogP contribution is -2.15. The molecule has 3 atom stereocenters. The van der Waals surface area contributed by atoms with Crippen LogP contribution in [0.15, 0.2) is 0 Å². The zero-order valence-corrected chi connectivity index (χ0v) is 12.0. The van der Waals surface area contributed by atoms with Crippen LogP contribution in [0.25, 0.3) is 0 Å². The summed E-state index contributed by atoms with van der Waals surface area (Å²) < 4.78 is 33.9. The minimum atomic E-state index is -2.66. The van der Waals surface area contributed by atoms with E-state index in [9.17, 15) is 9.13 Å². The third kappa shape index (κ3) is 5.31. The van der Waals surface area contributed by atoms with Gasteiger partial charge >= 0.3 is 0 Å². The highest BCUT2D eigenvalue weighted by Crippen LogP contribution is 2.55. The monoisotopic (exact) mass is 256 g/mol. The molecule has 0 aromatic rings. The van der Waals surface area contributed by atoms with E-state index in [1.807, 2.05) is 6.92 Å². The van der Waals surface area contributed by atoms with Crippen molar-refractivity contribution in [1.29, 1.82) is 0 Å². The van der Waals surface area contributed by atoms with Crippen molar-refractivity contribution < 1.29 is 18.2 Å². The predicted molar refractivity (Wildman–Crippen MR) is 64.6 cm³/mol. The van der Waals surface area contributed by atoms with Gasteiger partial charge in [0, 0.05) is 39.4 Å². The fourth-order valence-corrected chi connectivity index (χ4v) is 5.61. The smallest absolute Gasteiger partial charge is 0.203 e. The fourth-order valence-electron chi connectivity index (χ4n) is 1.41. The molecule has 0 aliphatic carbocycles. The molecule has 6 heteroatoms. The highest BCUT2D eigenvalue weighted by Gasteiger charge is 2.32. The fraction of sp³-hybridized carbons (Fsp3) is 1.00. The molecule has 0 radical (unpaired) electrons. The zero-order chi connectivity index (χ0) is 12.1. The first-order chi connectivity index (χ1) is 6.79. The normalized spacial score (nSPS) is 21.7. The number of hydrogen-bond donors (Lipinski definition) is 0. The van der Waals surface area contributed by atoms with Crippen molar-refractivity contribution in [2.24, 2.45) is 0 Å². The minimum Gasteiger partial charge on any atom is -0.332 e. The van der Waals surface area contributed by atoms with Gasteiger partial charge in [-0.05, 0) is 6.42 Å². The van der Waals surface area contributed by atoms with Crippen molar-refractivity contribution in [2.45, 2.75) is 25.4 Å². The highest BCUT2D eigenvalue weighted by molar-refractivity contribution is 7.62. The molecule has 92 valence electrons. The Bertz CT molecular complexity index is 277. The Morgan fingerprint density at radius 2 is 1.67 bits per heavy atom. The molecular formula is C9H22O4P2. The maximum atomic E-state index is 12.1. The van der Waals surface area contributed by atoms with Crippen LogP contribution >= 0.6 is 14.7 Å². The van der Waals surface area contributed by atoms with E-state index in [1.54, 1.807) is 13.3 Å². The van der Waals surface area contributed by atoms with Gasteiger partial charge in [-0.2, -0.15) is 0 Å². The standard InChI is InChI=1S/C9H22O4P2/c1-6-7-9(15(5,11)13-3)8-14(4,10)12-2/h9H,6-8H2,1-5H3/t9?,14?,15-/m0/s1. The summed E-state index contributed by atoms with van der Waals surface area (Å²) in [5.74, 6) is 0. The van der Waals surface area contributed by atoms with Gasteiger partial charge in [0.05, 0.1) is 0 Å². The maximum absolute atomic E-state index is 12.1. The Hall–Kier alpha value is 0.380. The first-order valence-electron chi connectivity index (χ1n) is 5.04. The van der Waals surface area contributed by atoms with Crippen LogP contribution in [0.1, 0.15) is 19.8 Å². The van der Waals surface area contributed by atoms with E-state index in [4.69, 9.17) is 9.05 Å². The lowest BCUT2D eigenvalue weighted by molar-refractivity contribution is 0.377. The van der Waals surface area contributed by atoms with Gasteiger partial charge in [-0.3, -0.25) is 9.13 Å². The van der Waals surface area contributed by atoms with Gasteiger partial charge in [-0.15, -0.1) is 0 Å². The van der Waals surface area contributed by atoms with Crippen LogP contribution in [0.4, 0.5) is 0 Å². The van der Waals surface area contributed by atoms with E-state index in [1.165, 1.54) is 14.2 Å². The molecule has 0 aromatic carbocycles. The van der Waals surface area contributed by atoms with Crippen molar-refractivity contribution in [2.75, 3.05) is 33.7 Å². The van der Waals surface area contributed by atoms with Crippen LogP contribution in [0.5, 0.6) is 0 Å². The van der Waals surface area contributed by atoms with Gasteiger partial charge in [-0.25, -0.2) is 0 Å². The first kappa shape index (κ1) is 15.4.